The van der Waals surface area contributed by atoms with E-state index in [1.807, 2.05) is 0 Å². The number of aliphatic hydroxyl groups excluding tert-OH is 1. The molecule has 0 saturated carbocycles. The molecule has 0 aromatic heterocycles. The lowest BCUT2D eigenvalue weighted by atomic mass is 10.2. The van der Waals surface area contributed by atoms with Gasteiger partial charge in [0.1, 0.15) is 5.69 Å². The molecule has 18 heavy (non-hydrogen) atoms. The normalized spacial score (nSPS) is 15.9. The van der Waals surface area contributed by atoms with Gasteiger partial charge in [-0.2, -0.15) is 0 Å². The number of nitrogens with zero attached hydrogens (tertiary/aromatic N) is 3. The molecule has 0 radical (unpaired) electrons. The van der Waals surface area contributed by atoms with Crippen LogP contribution in [0, 0.1) is 4.91 Å². The number of hydrogen-bond donors (Lipinski definition) is 1. The van der Waals surface area contributed by atoms with Crippen molar-refractivity contribution >= 4 is 17.4 Å². The highest BCUT2D eigenvalue weighted by Gasteiger charge is 2.26. The molecule has 1 saturated heterocycles. The Bertz CT molecular complexity index is 431. The SMILES string of the molecule is O=Nc1ccc(N2CCCN(CCO)C2=O)cc1. The van der Waals surface area contributed by atoms with E-state index in [0.717, 1.165) is 12.1 Å². The molecule has 0 spiro atoms. The van der Waals surface area contributed by atoms with Crippen molar-refractivity contribution in [2.75, 3.05) is 31.1 Å². The van der Waals surface area contributed by atoms with Gasteiger partial charge in [0.25, 0.3) is 0 Å². The van der Waals surface area contributed by atoms with Crippen molar-refractivity contribution in [3.05, 3.63) is 29.2 Å². The highest BCUT2D eigenvalue weighted by Crippen LogP contribution is 2.23. The number of urea groups is 1. The summed E-state index contributed by atoms with van der Waals surface area (Å²) in [5, 5.41) is 11.7. The summed E-state index contributed by atoms with van der Waals surface area (Å²) in [5.74, 6) is 0. The van der Waals surface area contributed by atoms with Crippen LogP contribution in [0.25, 0.3) is 0 Å². The Hall–Kier alpha value is -1.95. The molecular formula is C12H15N3O3. The van der Waals surface area contributed by atoms with E-state index in [4.69, 9.17) is 5.11 Å². The van der Waals surface area contributed by atoms with Crippen molar-refractivity contribution in [1.29, 1.82) is 0 Å². The Morgan fingerprint density at radius 1 is 1.22 bits per heavy atom. The molecule has 6 nitrogen and oxygen atoms in total. The Morgan fingerprint density at radius 3 is 2.56 bits per heavy atom. The number of hydrogen-bond acceptors (Lipinski definition) is 4. The van der Waals surface area contributed by atoms with E-state index in [-0.39, 0.29) is 12.6 Å². The number of carbonyl (C=O) groups excluding carboxylic acids is 1. The van der Waals surface area contributed by atoms with E-state index in [9.17, 15) is 9.70 Å². The number of amides is 2. The van der Waals surface area contributed by atoms with Crippen molar-refractivity contribution in [2.24, 2.45) is 5.18 Å². The Balaban J connectivity index is 2.15. The monoisotopic (exact) mass is 249 g/mol. The number of aliphatic hydroxyl groups is 1. The molecule has 1 aromatic rings. The maximum atomic E-state index is 12.1. The highest BCUT2D eigenvalue weighted by atomic mass is 16.3. The zero-order valence-electron chi connectivity index (χ0n) is 9.95. The molecule has 1 heterocycles. The first-order chi connectivity index (χ1) is 8.76. The Kier molecular flexibility index (Phi) is 3.88. The quantitative estimate of drug-likeness (QED) is 0.825. The molecule has 1 aliphatic heterocycles. The van der Waals surface area contributed by atoms with Gasteiger partial charge < -0.3 is 10.0 Å². The van der Waals surface area contributed by atoms with E-state index in [2.05, 4.69) is 5.18 Å². The topological polar surface area (TPSA) is 73.2 Å². The molecule has 6 heteroatoms. The fraction of sp³-hybridized carbons (Fsp3) is 0.417. The van der Waals surface area contributed by atoms with Gasteiger partial charge in [0.05, 0.1) is 6.61 Å². The van der Waals surface area contributed by atoms with Crippen LogP contribution in [0.15, 0.2) is 29.4 Å². The van der Waals surface area contributed by atoms with Gasteiger partial charge in [-0.05, 0) is 35.9 Å². The lowest BCUT2D eigenvalue weighted by Crippen LogP contribution is -2.50. The zero-order chi connectivity index (χ0) is 13.0. The van der Waals surface area contributed by atoms with Gasteiger partial charge in [0.15, 0.2) is 0 Å². The van der Waals surface area contributed by atoms with E-state index in [1.165, 1.54) is 0 Å². The summed E-state index contributed by atoms with van der Waals surface area (Å²) >= 11 is 0. The van der Waals surface area contributed by atoms with Crippen LogP contribution >= 0.6 is 0 Å². The summed E-state index contributed by atoms with van der Waals surface area (Å²) in [6, 6.07) is 6.47. The third-order valence-corrected chi connectivity index (χ3v) is 2.95. The standard InChI is InChI=1S/C12H15N3O3/c16-9-8-14-6-1-7-15(12(14)17)11-4-2-10(13-18)3-5-11/h2-5,16H,1,6-9H2. The molecule has 2 rings (SSSR count). The van der Waals surface area contributed by atoms with Crippen LogP contribution in [0.2, 0.25) is 0 Å². The number of carbonyl (C=O) groups is 1. The summed E-state index contributed by atoms with van der Waals surface area (Å²) in [6.45, 7) is 1.63. The van der Waals surface area contributed by atoms with Crippen molar-refractivity contribution in [2.45, 2.75) is 6.42 Å². The summed E-state index contributed by atoms with van der Waals surface area (Å²) in [5.41, 5.74) is 1.09. The van der Waals surface area contributed by atoms with Crippen LogP contribution in [0.1, 0.15) is 6.42 Å². The van der Waals surface area contributed by atoms with Crippen molar-refractivity contribution in [3.63, 3.8) is 0 Å². The third kappa shape index (κ3) is 2.48. The fourth-order valence-corrected chi connectivity index (χ4v) is 2.04. The maximum Gasteiger partial charge on any atom is 0.324 e. The number of benzene rings is 1. The van der Waals surface area contributed by atoms with Crippen LogP contribution in [-0.4, -0.2) is 42.3 Å². The van der Waals surface area contributed by atoms with Gasteiger partial charge in [0.2, 0.25) is 0 Å². The second kappa shape index (κ2) is 5.59. The van der Waals surface area contributed by atoms with Crippen molar-refractivity contribution < 1.29 is 9.90 Å². The minimum atomic E-state index is -0.109. The Labute approximate surface area is 105 Å². The molecule has 96 valence electrons. The predicted molar refractivity (Wildman–Crippen MR) is 67.9 cm³/mol. The van der Waals surface area contributed by atoms with E-state index in [1.54, 1.807) is 34.1 Å². The summed E-state index contributed by atoms with van der Waals surface area (Å²) in [7, 11) is 0. The molecule has 1 aliphatic rings. The van der Waals surface area contributed by atoms with Gasteiger partial charge in [-0.15, -0.1) is 4.91 Å². The van der Waals surface area contributed by atoms with Gasteiger partial charge in [-0.25, -0.2) is 4.79 Å². The molecule has 2 amide bonds. The van der Waals surface area contributed by atoms with Crippen LogP contribution in [0.4, 0.5) is 16.2 Å². The van der Waals surface area contributed by atoms with Gasteiger partial charge >= 0.3 is 6.03 Å². The smallest absolute Gasteiger partial charge is 0.324 e. The largest absolute Gasteiger partial charge is 0.395 e. The Morgan fingerprint density at radius 2 is 1.94 bits per heavy atom. The summed E-state index contributed by atoms with van der Waals surface area (Å²) in [6.07, 6.45) is 0.861. The van der Waals surface area contributed by atoms with Gasteiger partial charge in [-0.1, -0.05) is 0 Å². The second-order valence-corrected chi connectivity index (χ2v) is 4.11. The average Bonchev–Trinajstić information content (AvgIpc) is 2.42. The molecule has 0 aliphatic carbocycles. The van der Waals surface area contributed by atoms with Crippen LogP contribution in [-0.2, 0) is 0 Å². The van der Waals surface area contributed by atoms with Crippen LogP contribution in [0.5, 0.6) is 0 Å². The minimum absolute atomic E-state index is 0.0341. The molecule has 0 atom stereocenters. The summed E-state index contributed by atoms with van der Waals surface area (Å²) in [4.78, 5) is 25.7. The predicted octanol–water partition coefficient (Wildman–Crippen LogP) is 1.71. The van der Waals surface area contributed by atoms with Gasteiger partial charge in [-0.3, -0.25) is 4.90 Å². The second-order valence-electron chi connectivity index (χ2n) is 4.11. The zero-order valence-corrected chi connectivity index (χ0v) is 9.95. The minimum Gasteiger partial charge on any atom is -0.395 e. The molecule has 1 N–H and O–H groups in total. The number of β-amino-alcohol motifs (C(OH)–C–C–N with tert-alkyl or cyclic N) is 1. The molecule has 1 fully saturated rings. The average molecular weight is 249 g/mol. The van der Waals surface area contributed by atoms with Crippen LogP contribution < -0.4 is 4.90 Å². The summed E-state index contributed by atoms with van der Waals surface area (Å²) < 4.78 is 0. The molecule has 1 aromatic carbocycles. The number of nitroso groups, excluding NO2 is 1. The number of rotatable bonds is 4. The maximum absolute atomic E-state index is 12.1. The van der Waals surface area contributed by atoms with E-state index in [0.29, 0.717) is 25.3 Å². The molecular weight excluding hydrogens is 234 g/mol. The highest BCUT2D eigenvalue weighted by molar-refractivity contribution is 5.92. The number of anilines is 1. The van der Waals surface area contributed by atoms with E-state index >= 15 is 0 Å². The first-order valence-electron chi connectivity index (χ1n) is 5.87. The fourth-order valence-electron chi connectivity index (χ4n) is 2.04. The molecule has 0 bridgehead atoms. The lowest BCUT2D eigenvalue weighted by Gasteiger charge is -2.35. The lowest BCUT2D eigenvalue weighted by molar-refractivity contribution is 0.174. The first kappa shape index (κ1) is 12.5. The molecule has 0 unspecified atom stereocenters. The van der Waals surface area contributed by atoms with Crippen LogP contribution in [0.3, 0.4) is 0 Å². The van der Waals surface area contributed by atoms with Gasteiger partial charge in [0, 0.05) is 25.3 Å². The van der Waals surface area contributed by atoms with E-state index < -0.39 is 0 Å². The third-order valence-electron chi connectivity index (χ3n) is 2.95. The van der Waals surface area contributed by atoms with Crippen molar-refractivity contribution in [3.8, 4) is 0 Å². The first-order valence-corrected chi connectivity index (χ1v) is 5.87. The van der Waals surface area contributed by atoms with Crippen molar-refractivity contribution in [1.82, 2.24) is 4.90 Å².